The first-order valence-electron chi connectivity index (χ1n) is 10.9. The average Bonchev–Trinajstić information content (AvgIpc) is 3.19. The third kappa shape index (κ3) is 6.23. The highest BCUT2D eigenvalue weighted by Crippen LogP contribution is 2.26. The fourth-order valence-corrected chi connectivity index (χ4v) is 4.97. The summed E-state index contributed by atoms with van der Waals surface area (Å²) in [6.07, 6.45) is 5.32. The molecule has 3 rings (SSSR count). The van der Waals surface area contributed by atoms with Gasteiger partial charge in [0.1, 0.15) is 5.75 Å². The molecule has 0 fully saturated rings. The van der Waals surface area contributed by atoms with Crippen LogP contribution in [0, 0.1) is 0 Å². The first kappa shape index (κ1) is 23.1. The average molecular weight is 445 g/mol. The van der Waals surface area contributed by atoms with E-state index < -0.39 is 10.0 Å². The van der Waals surface area contributed by atoms with Gasteiger partial charge in [0.25, 0.3) is 0 Å². The summed E-state index contributed by atoms with van der Waals surface area (Å²) in [5.74, 6) is 0.618. The summed E-state index contributed by atoms with van der Waals surface area (Å²) >= 11 is 0. The monoisotopic (exact) mass is 444 g/mol. The third-order valence-corrected chi connectivity index (χ3v) is 6.80. The minimum absolute atomic E-state index is 0.0736. The molecule has 0 radical (unpaired) electrons. The topological polar surface area (TPSA) is 75.7 Å². The Labute approximate surface area is 185 Å². The predicted octanol–water partition coefficient (Wildman–Crippen LogP) is 4.00. The van der Waals surface area contributed by atoms with Crippen LogP contribution >= 0.6 is 0 Å². The Morgan fingerprint density at radius 3 is 2.52 bits per heavy atom. The summed E-state index contributed by atoms with van der Waals surface area (Å²) in [5.41, 5.74) is 4.48. The van der Waals surface area contributed by atoms with Gasteiger partial charge in [0.05, 0.1) is 24.6 Å². The van der Waals surface area contributed by atoms with Crippen molar-refractivity contribution < 1.29 is 17.9 Å². The number of nitrogens with zero attached hydrogens (tertiary/aromatic N) is 1. The number of hydrogen-bond donors (Lipinski definition) is 1. The number of benzene rings is 2. The molecule has 168 valence electrons. The van der Waals surface area contributed by atoms with Crippen molar-refractivity contribution in [1.29, 1.82) is 0 Å². The largest absolute Gasteiger partial charge is 0.494 e. The maximum atomic E-state index is 12.4. The number of fused-ring (bicyclic) bond motifs is 1. The van der Waals surface area contributed by atoms with Crippen LogP contribution in [-0.4, -0.2) is 33.7 Å². The highest BCUT2D eigenvalue weighted by Gasteiger charge is 2.19. The minimum Gasteiger partial charge on any atom is -0.494 e. The molecule has 1 atom stereocenters. The third-order valence-electron chi connectivity index (χ3n) is 5.60. The fraction of sp³-hybridized carbons (Fsp3) is 0.458. The maximum absolute atomic E-state index is 12.4. The van der Waals surface area contributed by atoms with E-state index in [0.717, 1.165) is 18.4 Å². The molecule has 1 amide bonds. The van der Waals surface area contributed by atoms with Crippen LogP contribution in [0.4, 0.5) is 5.69 Å². The number of amides is 1. The molecule has 0 saturated heterocycles. The first-order valence-corrected chi connectivity index (χ1v) is 12.7. The Hall–Kier alpha value is -2.54. The van der Waals surface area contributed by atoms with Gasteiger partial charge in [-0.15, -0.1) is 0 Å². The zero-order valence-corrected chi connectivity index (χ0v) is 19.4. The Morgan fingerprint density at radius 2 is 1.84 bits per heavy atom. The van der Waals surface area contributed by atoms with E-state index in [1.807, 2.05) is 13.8 Å². The normalized spacial score (nSPS) is 14.0. The second-order valence-electron chi connectivity index (χ2n) is 8.04. The fourth-order valence-electron chi connectivity index (χ4n) is 4.00. The highest BCUT2D eigenvalue weighted by molar-refractivity contribution is 7.92. The van der Waals surface area contributed by atoms with Crippen LogP contribution < -0.4 is 14.4 Å². The van der Waals surface area contributed by atoms with Gasteiger partial charge in [0.2, 0.25) is 15.9 Å². The van der Waals surface area contributed by atoms with Gasteiger partial charge in [-0.05, 0) is 80.5 Å². The Morgan fingerprint density at radius 1 is 1.13 bits per heavy atom. The molecule has 1 unspecified atom stereocenters. The van der Waals surface area contributed by atoms with Gasteiger partial charge in [0.15, 0.2) is 0 Å². The molecule has 0 aliphatic heterocycles. The first-order chi connectivity index (χ1) is 14.8. The van der Waals surface area contributed by atoms with Crippen LogP contribution in [0.2, 0.25) is 0 Å². The van der Waals surface area contributed by atoms with Crippen molar-refractivity contribution in [3.8, 4) is 5.75 Å². The number of anilines is 1. The molecule has 0 aromatic heterocycles. The van der Waals surface area contributed by atoms with E-state index in [4.69, 9.17) is 4.74 Å². The van der Waals surface area contributed by atoms with Crippen molar-refractivity contribution in [1.82, 2.24) is 5.32 Å². The molecular weight excluding hydrogens is 412 g/mol. The van der Waals surface area contributed by atoms with Crippen molar-refractivity contribution in [3.05, 3.63) is 59.2 Å². The molecule has 1 N–H and O–H groups in total. The molecule has 2 aromatic rings. The molecule has 1 aliphatic rings. The molecule has 7 heteroatoms. The number of ether oxygens (including phenoxy) is 1. The summed E-state index contributed by atoms with van der Waals surface area (Å²) in [6.45, 7) is 4.67. The lowest BCUT2D eigenvalue weighted by Crippen LogP contribution is -2.32. The lowest BCUT2D eigenvalue weighted by Gasteiger charge is -2.23. The Bertz CT molecular complexity index is 1000. The van der Waals surface area contributed by atoms with Gasteiger partial charge in [-0.1, -0.05) is 18.2 Å². The van der Waals surface area contributed by atoms with Crippen molar-refractivity contribution in [2.75, 3.05) is 23.7 Å². The summed E-state index contributed by atoms with van der Waals surface area (Å²) in [5, 5.41) is 3.04. The van der Waals surface area contributed by atoms with E-state index in [9.17, 15) is 13.2 Å². The van der Waals surface area contributed by atoms with E-state index in [2.05, 4.69) is 23.5 Å². The molecular formula is C24H32N2O4S. The molecule has 2 aromatic carbocycles. The maximum Gasteiger partial charge on any atom is 0.232 e. The quantitative estimate of drug-likeness (QED) is 0.601. The minimum atomic E-state index is -3.45. The van der Waals surface area contributed by atoms with Crippen molar-refractivity contribution in [3.63, 3.8) is 0 Å². The number of carbonyl (C=O) groups excluding carboxylic acids is 1. The summed E-state index contributed by atoms with van der Waals surface area (Å²) in [7, 11) is -3.45. The second kappa shape index (κ2) is 10.2. The smallest absolute Gasteiger partial charge is 0.232 e. The highest BCUT2D eigenvalue weighted by atomic mass is 32.2. The lowest BCUT2D eigenvalue weighted by atomic mass is 10.0. The number of rotatable bonds is 10. The number of nitrogens with one attached hydrogen (secondary N) is 1. The second-order valence-corrected chi connectivity index (χ2v) is 9.94. The number of hydrogen-bond acceptors (Lipinski definition) is 4. The van der Waals surface area contributed by atoms with Crippen LogP contribution in [0.5, 0.6) is 5.75 Å². The molecule has 1 aliphatic carbocycles. The SMILES string of the molecule is CCOc1ccc(N(CCCC(=O)NC(C)c2ccc3c(c2)CCC3)S(C)(=O)=O)cc1. The van der Waals surface area contributed by atoms with Crippen LogP contribution in [0.25, 0.3) is 0 Å². The Balaban J connectivity index is 1.54. The van der Waals surface area contributed by atoms with E-state index in [0.29, 0.717) is 24.5 Å². The van der Waals surface area contributed by atoms with Crippen molar-refractivity contribution in [2.24, 2.45) is 0 Å². The van der Waals surface area contributed by atoms with E-state index in [-0.39, 0.29) is 24.9 Å². The van der Waals surface area contributed by atoms with Crippen molar-refractivity contribution in [2.45, 2.75) is 52.0 Å². The van der Waals surface area contributed by atoms with E-state index >= 15 is 0 Å². The summed E-state index contributed by atoms with van der Waals surface area (Å²) in [4.78, 5) is 12.4. The van der Waals surface area contributed by atoms with Crippen molar-refractivity contribution >= 4 is 21.6 Å². The zero-order chi connectivity index (χ0) is 22.4. The van der Waals surface area contributed by atoms with Crippen LogP contribution in [0.15, 0.2) is 42.5 Å². The van der Waals surface area contributed by atoms with Gasteiger partial charge in [-0.25, -0.2) is 8.42 Å². The molecule has 0 spiro atoms. The number of sulfonamides is 1. The van der Waals surface area contributed by atoms with E-state index in [1.54, 1.807) is 24.3 Å². The summed E-state index contributed by atoms with van der Waals surface area (Å²) < 4.78 is 31.3. The molecule has 0 bridgehead atoms. The van der Waals surface area contributed by atoms with Crippen LogP contribution in [-0.2, 0) is 27.7 Å². The van der Waals surface area contributed by atoms with Gasteiger partial charge in [0, 0.05) is 13.0 Å². The standard InChI is InChI=1S/C24H32N2O4S/c1-4-30-23-14-12-22(13-15-23)26(31(3,28)29)16-6-9-24(27)25-18(2)20-11-10-19-7-5-8-21(19)17-20/h10-15,17-18H,4-9,16H2,1-3H3,(H,25,27). The Kier molecular flexibility index (Phi) is 7.59. The summed E-state index contributed by atoms with van der Waals surface area (Å²) in [6, 6.07) is 13.3. The predicted molar refractivity (Wildman–Crippen MR) is 124 cm³/mol. The molecule has 31 heavy (non-hydrogen) atoms. The number of carbonyl (C=O) groups is 1. The van der Waals surface area contributed by atoms with Gasteiger partial charge in [-0.3, -0.25) is 9.10 Å². The molecule has 6 nitrogen and oxygen atoms in total. The van der Waals surface area contributed by atoms with Gasteiger partial charge in [-0.2, -0.15) is 0 Å². The van der Waals surface area contributed by atoms with Gasteiger partial charge >= 0.3 is 0 Å². The molecule has 0 saturated carbocycles. The van der Waals surface area contributed by atoms with Gasteiger partial charge < -0.3 is 10.1 Å². The zero-order valence-electron chi connectivity index (χ0n) is 18.6. The number of aryl methyl sites for hydroxylation is 2. The molecule has 0 heterocycles. The van der Waals surface area contributed by atoms with Crippen LogP contribution in [0.3, 0.4) is 0 Å². The van der Waals surface area contributed by atoms with Crippen LogP contribution in [0.1, 0.15) is 55.8 Å². The van der Waals surface area contributed by atoms with E-state index in [1.165, 1.54) is 28.1 Å². The lowest BCUT2D eigenvalue weighted by molar-refractivity contribution is -0.121.